The molecule has 0 heteroatoms. The van der Waals surface area contributed by atoms with Crippen LogP contribution in [0.2, 0.25) is 0 Å². The van der Waals surface area contributed by atoms with Gasteiger partial charge in [0.1, 0.15) is 0 Å². The molecule has 0 atom stereocenters. The monoisotopic (exact) mass is 372 g/mol. The Labute approximate surface area is 171 Å². The molecule has 0 rings (SSSR count). The molecule has 0 heterocycles. The fraction of sp³-hybridized carbons (Fsp3) is 0.704. The van der Waals surface area contributed by atoms with E-state index in [1.807, 2.05) is 12.2 Å². The lowest BCUT2D eigenvalue weighted by Gasteiger charge is -2.01. The standard InChI is InChI=1S/C27H48/c1-3-5-7-9-11-13-15-17-19-21-23-25-27-26-24-22-20-18-16-14-12-10-8-6-4-2/h3,5,7,9,11,18,20H,1,4,6,8,10,12-17,19,21-27H2,2H3/b7-5-,11-9+,20-18-. The first-order valence-electron chi connectivity index (χ1n) is 12.0. The summed E-state index contributed by atoms with van der Waals surface area (Å²) in [6, 6.07) is 0. The molecule has 0 radical (unpaired) electrons. The first kappa shape index (κ1) is 26.0. The Morgan fingerprint density at radius 1 is 0.444 bits per heavy atom. The Balaban J connectivity index is 3.12. The second kappa shape index (κ2) is 25.0. The first-order valence-corrected chi connectivity index (χ1v) is 12.0. The minimum absolute atomic E-state index is 1.22. The lowest BCUT2D eigenvalue weighted by atomic mass is 10.1. The van der Waals surface area contributed by atoms with Crippen LogP contribution in [0.1, 0.15) is 122 Å². The van der Waals surface area contributed by atoms with Gasteiger partial charge in [0.25, 0.3) is 0 Å². The van der Waals surface area contributed by atoms with E-state index in [0.29, 0.717) is 0 Å². The van der Waals surface area contributed by atoms with Gasteiger partial charge in [-0.25, -0.2) is 0 Å². The van der Waals surface area contributed by atoms with E-state index in [1.165, 1.54) is 116 Å². The van der Waals surface area contributed by atoms with Crippen molar-refractivity contribution < 1.29 is 0 Å². The van der Waals surface area contributed by atoms with Crippen LogP contribution in [0.4, 0.5) is 0 Å². The van der Waals surface area contributed by atoms with E-state index in [1.54, 1.807) is 0 Å². The predicted octanol–water partition coefficient (Wildman–Crippen LogP) is 9.88. The van der Waals surface area contributed by atoms with Gasteiger partial charge in [0, 0.05) is 0 Å². The van der Waals surface area contributed by atoms with Crippen molar-refractivity contribution in [1.82, 2.24) is 0 Å². The van der Waals surface area contributed by atoms with Crippen molar-refractivity contribution in [3.05, 3.63) is 49.1 Å². The third-order valence-corrected chi connectivity index (χ3v) is 5.13. The molecule has 0 unspecified atom stereocenters. The zero-order valence-corrected chi connectivity index (χ0v) is 18.5. The zero-order valence-electron chi connectivity index (χ0n) is 18.5. The smallest absolute Gasteiger partial charge is 0.0348 e. The van der Waals surface area contributed by atoms with Gasteiger partial charge in [-0.3, -0.25) is 0 Å². The maximum absolute atomic E-state index is 3.66. The molecule has 0 saturated carbocycles. The van der Waals surface area contributed by atoms with E-state index >= 15 is 0 Å². The van der Waals surface area contributed by atoms with Gasteiger partial charge < -0.3 is 0 Å². The Kier molecular flexibility index (Phi) is 24.0. The van der Waals surface area contributed by atoms with E-state index in [4.69, 9.17) is 0 Å². The highest BCUT2D eigenvalue weighted by molar-refractivity contribution is 5.08. The van der Waals surface area contributed by atoms with E-state index in [0.717, 1.165) is 0 Å². The Hall–Kier alpha value is -1.04. The maximum atomic E-state index is 3.66. The molecule has 0 aliphatic rings. The van der Waals surface area contributed by atoms with Crippen LogP contribution < -0.4 is 0 Å². The van der Waals surface area contributed by atoms with E-state index < -0.39 is 0 Å². The minimum atomic E-state index is 1.22. The van der Waals surface area contributed by atoms with Crippen molar-refractivity contribution in [1.29, 1.82) is 0 Å². The molecular weight excluding hydrogens is 324 g/mol. The molecular formula is C27H48. The van der Waals surface area contributed by atoms with Gasteiger partial charge in [0.05, 0.1) is 0 Å². The summed E-state index contributed by atoms with van der Waals surface area (Å²) in [6.45, 7) is 5.95. The fourth-order valence-electron chi connectivity index (χ4n) is 3.36. The molecule has 0 N–H and O–H groups in total. The van der Waals surface area contributed by atoms with Crippen molar-refractivity contribution in [3.63, 3.8) is 0 Å². The van der Waals surface area contributed by atoms with Gasteiger partial charge in [-0.2, -0.15) is 0 Å². The summed E-state index contributed by atoms with van der Waals surface area (Å²) in [5.41, 5.74) is 0. The summed E-state index contributed by atoms with van der Waals surface area (Å²) in [6.07, 6.45) is 40.0. The molecule has 0 bridgehead atoms. The van der Waals surface area contributed by atoms with Gasteiger partial charge >= 0.3 is 0 Å². The second-order valence-electron chi connectivity index (χ2n) is 7.84. The van der Waals surface area contributed by atoms with Gasteiger partial charge in [0.15, 0.2) is 0 Å². The van der Waals surface area contributed by atoms with Crippen molar-refractivity contribution in [3.8, 4) is 0 Å². The summed E-state index contributed by atoms with van der Waals surface area (Å²) in [4.78, 5) is 0. The van der Waals surface area contributed by atoms with Crippen molar-refractivity contribution in [2.24, 2.45) is 0 Å². The molecule has 0 aliphatic carbocycles. The quantitative estimate of drug-likeness (QED) is 0.107. The highest BCUT2D eigenvalue weighted by atomic mass is 14.0. The van der Waals surface area contributed by atoms with Crippen LogP contribution in [0, 0.1) is 0 Å². The minimum Gasteiger partial charge on any atom is -0.0991 e. The molecule has 0 aromatic rings. The summed E-state index contributed by atoms with van der Waals surface area (Å²) >= 11 is 0. The number of hydrogen-bond acceptors (Lipinski definition) is 0. The summed E-state index contributed by atoms with van der Waals surface area (Å²) in [5.74, 6) is 0. The zero-order chi connectivity index (χ0) is 19.7. The maximum Gasteiger partial charge on any atom is -0.0348 e. The van der Waals surface area contributed by atoms with Crippen LogP contribution >= 0.6 is 0 Å². The van der Waals surface area contributed by atoms with Crippen LogP contribution in [0.3, 0.4) is 0 Å². The summed E-state index contributed by atoms with van der Waals surface area (Å²) in [5, 5.41) is 0. The van der Waals surface area contributed by atoms with Crippen molar-refractivity contribution in [2.45, 2.75) is 122 Å². The molecule has 0 aromatic carbocycles. The van der Waals surface area contributed by atoms with Crippen LogP contribution in [-0.2, 0) is 0 Å². The highest BCUT2D eigenvalue weighted by Gasteiger charge is 1.92. The number of unbranched alkanes of at least 4 members (excludes halogenated alkanes) is 16. The average molecular weight is 373 g/mol. The molecule has 27 heavy (non-hydrogen) atoms. The Bertz CT molecular complexity index is 358. The lowest BCUT2D eigenvalue weighted by Crippen LogP contribution is -1.81. The van der Waals surface area contributed by atoms with Crippen molar-refractivity contribution in [2.75, 3.05) is 0 Å². The molecule has 156 valence electrons. The van der Waals surface area contributed by atoms with Crippen LogP contribution in [0.15, 0.2) is 49.1 Å². The molecule has 0 fully saturated rings. The Morgan fingerprint density at radius 3 is 1.30 bits per heavy atom. The van der Waals surface area contributed by atoms with Crippen molar-refractivity contribution >= 4 is 0 Å². The SMILES string of the molecule is C=C/C=C\C=C\CCCCCCCCCCC/C=C\CCCCCCCC. The summed E-state index contributed by atoms with van der Waals surface area (Å²) < 4.78 is 0. The molecule has 0 spiro atoms. The molecule has 0 saturated heterocycles. The average Bonchev–Trinajstić information content (AvgIpc) is 2.68. The third kappa shape index (κ3) is 25.0. The fourth-order valence-corrected chi connectivity index (χ4v) is 3.36. The van der Waals surface area contributed by atoms with E-state index in [9.17, 15) is 0 Å². The van der Waals surface area contributed by atoms with Gasteiger partial charge in [0.2, 0.25) is 0 Å². The topological polar surface area (TPSA) is 0 Å². The number of hydrogen-bond donors (Lipinski definition) is 0. The predicted molar refractivity (Wildman–Crippen MR) is 126 cm³/mol. The van der Waals surface area contributed by atoms with E-state index in [2.05, 4.69) is 43.9 Å². The Morgan fingerprint density at radius 2 is 0.852 bits per heavy atom. The largest absolute Gasteiger partial charge is 0.0991 e. The van der Waals surface area contributed by atoms with Crippen LogP contribution in [-0.4, -0.2) is 0 Å². The van der Waals surface area contributed by atoms with Gasteiger partial charge in [-0.15, -0.1) is 0 Å². The third-order valence-electron chi connectivity index (χ3n) is 5.13. The normalized spacial score (nSPS) is 12.0. The van der Waals surface area contributed by atoms with Gasteiger partial charge in [-0.05, 0) is 38.5 Å². The molecule has 0 amide bonds. The number of allylic oxidation sites excluding steroid dienone is 7. The lowest BCUT2D eigenvalue weighted by molar-refractivity contribution is 0.561. The highest BCUT2D eigenvalue weighted by Crippen LogP contribution is 2.12. The molecule has 0 nitrogen and oxygen atoms in total. The second-order valence-corrected chi connectivity index (χ2v) is 7.84. The number of rotatable bonds is 21. The summed E-state index contributed by atoms with van der Waals surface area (Å²) in [7, 11) is 0. The first-order chi connectivity index (χ1) is 13.4. The molecule has 0 aliphatic heterocycles. The van der Waals surface area contributed by atoms with E-state index in [-0.39, 0.29) is 0 Å². The van der Waals surface area contributed by atoms with Gasteiger partial charge in [-0.1, -0.05) is 133 Å². The molecule has 0 aromatic heterocycles. The van der Waals surface area contributed by atoms with Crippen LogP contribution in [0.25, 0.3) is 0 Å². The van der Waals surface area contributed by atoms with Crippen LogP contribution in [0.5, 0.6) is 0 Å².